The van der Waals surface area contributed by atoms with E-state index in [1.807, 2.05) is 0 Å². The van der Waals surface area contributed by atoms with E-state index < -0.39 is 12.2 Å². The van der Waals surface area contributed by atoms with E-state index in [4.69, 9.17) is 4.74 Å². The van der Waals surface area contributed by atoms with Gasteiger partial charge in [0, 0.05) is 23.9 Å². The Labute approximate surface area is 152 Å². The van der Waals surface area contributed by atoms with E-state index >= 15 is 0 Å². The summed E-state index contributed by atoms with van der Waals surface area (Å²) in [4.78, 5) is 23.4. The number of hydrogen-bond acceptors (Lipinski definition) is 5. The molecule has 0 unspecified atom stereocenters. The molecule has 0 aromatic heterocycles. The molecule has 0 radical (unpaired) electrons. The molecule has 0 fully saturated rings. The number of ether oxygens (including phenoxy) is 3. The Morgan fingerprint density at radius 3 is 2.81 bits per heavy atom. The Morgan fingerprint density at radius 2 is 1.96 bits per heavy atom. The van der Waals surface area contributed by atoms with Gasteiger partial charge in [0.2, 0.25) is 5.91 Å². The Bertz CT molecular complexity index is 932. The van der Waals surface area contributed by atoms with Crippen LogP contribution in [0.3, 0.4) is 0 Å². The maximum Gasteiger partial charge on any atom is 0.586 e. The monoisotopic (exact) mass is 376 g/mol. The van der Waals surface area contributed by atoms with Crippen molar-refractivity contribution in [2.24, 2.45) is 0 Å². The minimum absolute atomic E-state index is 0.0305. The van der Waals surface area contributed by atoms with E-state index in [1.165, 1.54) is 18.2 Å². The first-order valence-corrected chi connectivity index (χ1v) is 8.13. The number of hydrogen-bond donors (Lipinski definition) is 2. The third-order valence-electron chi connectivity index (χ3n) is 4.03. The molecule has 2 N–H and O–H groups in total. The highest BCUT2D eigenvalue weighted by molar-refractivity contribution is 5.94. The van der Waals surface area contributed by atoms with Crippen molar-refractivity contribution in [2.45, 2.75) is 19.1 Å². The number of rotatable bonds is 4. The lowest BCUT2D eigenvalue weighted by Crippen LogP contribution is -2.25. The average molecular weight is 376 g/mol. The number of carbonyl (C=O) groups is 2. The molecule has 0 aliphatic carbocycles. The third-order valence-corrected chi connectivity index (χ3v) is 4.03. The summed E-state index contributed by atoms with van der Waals surface area (Å²) < 4.78 is 40.1. The molecule has 0 saturated carbocycles. The van der Waals surface area contributed by atoms with Crippen molar-refractivity contribution in [3.8, 4) is 17.2 Å². The van der Waals surface area contributed by atoms with Gasteiger partial charge >= 0.3 is 6.29 Å². The molecule has 27 heavy (non-hydrogen) atoms. The average Bonchev–Trinajstić information content (AvgIpc) is 2.93. The van der Waals surface area contributed by atoms with Crippen LogP contribution in [0.1, 0.15) is 12.0 Å². The predicted molar refractivity (Wildman–Crippen MR) is 90.2 cm³/mol. The van der Waals surface area contributed by atoms with Crippen molar-refractivity contribution in [3.05, 3.63) is 42.0 Å². The van der Waals surface area contributed by atoms with E-state index in [9.17, 15) is 18.4 Å². The van der Waals surface area contributed by atoms with Gasteiger partial charge in [-0.25, -0.2) is 0 Å². The molecule has 140 valence electrons. The number of fused-ring (bicyclic) bond motifs is 2. The zero-order chi connectivity index (χ0) is 19.0. The van der Waals surface area contributed by atoms with Crippen LogP contribution >= 0.6 is 0 Å². The molecule has 0 spiro atoms. The highest BCUT2D eigenvalue weighted by Gasteiger charge is 2.43. The number of nitrogens with one attached hydrogen (secondary N) is 2. The van der Waals surface area contributed by atoms with Crippen LogP contribution in [-0.2, 0) is 16.0 Å². The smallest absolute Gasteiger partial charge is 0.484 e. The number of carbonyl (C=O) groups excluding carboxylic acids is 2. The molecule has 0 saturated heterocycles. The lowest BCUT2D eigenvalue weighted by Gasteiger charge is -2.17. The Hall–Kier alpha value is -3.36. The molecule has 0 bridgehead atoms. The third kappa shape index (κ3) is 3.76. The van der Waals surface area contributed by atoms with Crippen molar-refractivity contribution < 1.29 is 32.6 Å². The minimum atomic E-state index is -3.71. The summed E-state index contributed by atoms with van der Waals surface area (Å²) in [6.45, 7) is -0.268. The Balaban J connectivity index is 1.35. The quantitative estimate of drug-likeness (QED) is 0.857. The van der Waals surface area contributed by atoms with Crippen LogP contribution in [-0.4, -0.2) is 24.7 Å². The van der Waals surface area contributed by atoms with Gasteiger partial charge in [-0.3, -0.25) is 9.59 Å². The molecule has 7 nitrogen and oxygen atoms in total. The SMILES string of the molecule is O=C(COc1ccc2c(c1)CCC(=O)N2)Nc1ccc2c(c1)OC(F)(F)O2. The van der Waals surface area contributed by atoms with Crippen LogP contribution < -0.4 is 24.8 Å². The topological polar surface area (TPSA) is 85.9 Å². The number of benzene rings is 2. The highest BCUT2D eigenvalue weighted by Crippen LogP contribution is 2.42. The summed E-state index contributed by atoms with van der Waals surface area (Å²) in [7, 11) is 0. The molecule has 2 aromatic rings. The highest BCUT2D eigenvalue weighted by atomic mass is 19.3. The van der Waals surface area contributed by atoms with Gasteiger partial charge in [0.25, 0.3) is 5.91 Å². The van der Waals surface area contributed by atoms with Gasteiger partial charge in [-0.1, -0.05) is 0 Å². The maximum absolute atomic E-state index is 13.0. The fourth-order valence-electron chi connectivity index (χ4n) is 2.82. The van der Waals surface area contributed by atoms with Crippen LogP contribution in [0.25, 0.3) is 0 Å². The Morgan fingerprint density at radius 1 is 1.15 bits per heavy atom. The second kappa shape index (κ2) is 6.42. The van der Waals surface area contributed by atoms with Crippen molar-refractivity contribution in [3.63, 3.8) is 0 Å². The maximum atomic E-state index is 13.0. The standard InChI is InChI=1S/C18H14F2N2O5/c19-18(20)26-14-5-2-11(8-15(14)27-18)21-17(24)9-25-12-3-4-13-10(7-12)1-6-16(23)22-13/h2-5,7-8H,1,6,9H2,(H,21,24)(H,22,23). The lowest BCUT2D eigenvalue weighted by molar-refractivity contribution is -0.286. The van der Waals surface area contributed by atoms with Gasteiger partial charge in [-0.2, -0.15) is 0 Å². The van der Waals surface area contributed by atoms with Crippen molar-refractivity contribution in [1.82, 2.24) is 0 Å². The summed E-state index contributed by atoms with van der Waals surface area (Å²) >= 11 is 0. The molecule has 2 aromatic carbocycles. The summed E-state index contributed by atoms with van der Waals surface area (Å²) in [6.07, 6.45) is -2.70. The van der Waals surface area contributed by atoms with Gasteiger partial charge < -0.3 is 24.8 Å². The zero-order valence-corrected chi connectivity index (χ0v) is 13.9. The van der Waals surface area contributed by atoms with Gasteiger partial charge in [0.15, 0.2) is 18.1 Å². The largest absolute Gasteiger partial charge is 0.586 e. The van der Waals surface area contributed by atoms with Gasteiger partial charge in [0.05, 0.1) is 0 Å². The van der Waals surface area contributed by atoms with E-state index in [0.29, 0.717) is 18.6 Å². The van der Waals surface area contributed by atoms with E-state index in [-0.39, 0.29) is 29.7 Å². The molecule has 2 amide bonds. The number of aryl methyl sites for hydroxylation is 1. The molecular formula is C18H14F2N2O5. The van der Waals surface area contributed by atoms with E-state index in [0.717, 1.165) is 11.3 Å². The van der Waals surface area contributed by atoms with Gasteiger partial charge in [-0.15, -0.1) is 8.78 Å². The molecule has 2 heterocycles. The molecule has 4 rings (SSSR count). The molecule has 2 aliphatic rings. The normalized spacial score (nSPS) is 16.3. The van der Waals surface area contributed by atoms with Crippen LogP contribution in [0.15, 0.2) is 36.4 Å². The second-order valence-electron chi connectivity index (χ2n) is 6.03. The summed E-state index contributed by atoms with van der Waals surface area (Å²) in [5.41, 5.74) is 1.95. The van der Waals surface area contributed by atoms with E-state index in [2.05, 4.69) is 20.1 Å². The fourth-order valence-corrected chi connectivity index (χ4v) is 2.82. The van der Waals surface area contributed by atoms with Crippen LogP contribution in [0.2, 0.25) is 0 Å². The van der Waals surface area contributed by atoms with Crippen molar-refractivity contribution in [1.29, 1.82) is 0 Å². The summed E-state index contributed by atoms with van der Waals surface area (Å²) in [6, 6.07) is 9.09. The van der Waals surface area contributed by atoms with Gasteiger partial charge in [0.1, 0.15) is 5.75 Å². The summed E-state index contributed by atoms with van der Waals surface area (Å²) in [5, 5.41) is 5.30. The molecule has 9 heteroatoms. The predicted octanol–water partition coefficient (Wildman–Crippen LogP) is 2.91. The van der Waals surface area contributed by atoms with Crippen molar-refractivity contribution >= 4 is 23.2 Å². The summed E-state index contributed by atoms with van der Waals surface area (Å²) in [5.74, 6) is -0.264. The molecule has 0 atom stereocenters. The number of halogens is 2. The first-order chi connectivity index (χ1) is 12.9. The number of amides is 2. The van der Waals surface area contributed by atoms with E-state index in [1.54, 1.807) is 18.2 Å². The fraction of sp³-hybridized carbons (Fsp3) is 0.222. The van der Waals surface area contributed by atoms with Crippen LogP contribution in [0.4, 0.5) is 20.2 Å². The molecule has 2 aliphatic heterocycles. The zero-order valence-electron chi connectivity index (χ0n) is 13.9. The van der Waals surface area contributed by atoms with Crippen LogP contribution in [0.5, 0.6) is 17.2 Å². The minimum Gasteiger partial charge on any atom is -0.484 e. The van der Waals surface area contributed by atoms with Gasteiger partial charge in [-0.05, 0) is 42.3 Å². The molecular weight excluding hydrogens is 362 g/mol. The Kier molecular flexibility index (Phi) is 4.06. The second-order valence-corrected chi connectivity index (χ2v) is 6.03. The number of anilines is 2. The first-order valence-electron chi connectivity index (χ1n) is 8.13. The number of alkyl halides is 2. The van der Waals surface area contributed by atoms with Crippen molar-refractivity contribution in [2.75, 3.05) is 17.2 Å². The lowest BCUT2D eigenvalue weighted by atomic mass is 10.0. The van der Waals surface area contributed by atoms with Crippen LogP contribution in [0, 0.1) is 0 Å². The first kappa shape index (κ1) is 17.1.